The lowest BCUT2D eigenvalue weighted by Crippen LogP contribution is -2.58. The smallest absolute Gasteiger partial charge is 0.302 e. The highest BCUT2D eigenvalue weighted by Gasteiger charge is 2.51. The summed E-state index contributed by atoms with van der Waals surface area (Å²) in [5.41, 5.74) is -3.80. The molecule has 12 unspecified atom stereocenters. The predicted molar refractivity (Wildman–Crippen MR) is 208 cm³/mol. The standard InChI is InChI=1S/C43H53NO17/c1-18-25(47)11-12-30(55-18)60-42-20(3)57-32(14-27(42)58-21(4)46)61-41-19(2)56-31(13-24(41)44(5)6)59-28-16-43(53,29(48)17-45)15-23-34(28)40(52)36-35(38(23)50)37(49)22-9-8-10-26(54-7)33(22)39(36)51/h8-10,18-20,24,27-28,30-32,41-42,45,50,52-53H,11-17H2,1-7H3. The monoisotopic (exact) mass is 855 g/mol. The van der Waals surface area contributed by atoms with E-state index in [1.165, 1.54) is 32.2 Å². The summed E-state index contributed by atoms with van der Waals surface area (Å²) in [4.78, 5) is 67.2. The van der Waals surface area contributed by atoms with Gasteiger partial charge in [0.05, 0.1) is 42.1 Å². The van der Waals surface area contributed by atoms with E-state index in [4.69, 9.17) is 37.9 Å². The predicted octanol–water partition coefficient (Wildman–Crippen LogP) is 2.17. The normalized spacial score (nSPS) is 33.7. The molecule has 332 valence electrons. The fourth-order valence-electron chi connectivity index (χ4n) is 9.29. The van der Waals surface area contributed by atoms with Gasteiger partial charge in [0.1, 0.15) is 53.9 Å². The van der Waals surface area contributed by atoms with Crippen LogP contribution in [0.4, 0.5) is 0 Å². The van der Waals surface area contributed by atoms with Crippen LogP contribution in [0.1, 0.15) is 109 Å². The summed E-state index contributed by atoms with van der Waals surface area (Å²) in [5.74, 6) is -4.44. The highest BCUT2D eigenvalue weighted by atomic mass is 16.7. The molecule has 0 spiro atoms. The maximum absolute atomic E-state index is 14.1. The molecule has 61 heavy (non-hydrogen) atoms. The summed E-state index contributed by atoms with van der Waals surface area (Å²) in [6.45, 7) is 5.40. The number of aliphatic hydroxyl groups excluding tert-OH is 1. The van der Waals surface area contributed by atoms with Gasteiger partial charge in [0.15, 0.2) is 36.2 Å². The van der Waals surface area contributed by atoms with Crippen molar-refractivity contribution in [3.8, 4) is 17.2 Å². The van der Waals surface area contributed by atoms with Gasteiger partial charge in [0.2, 0.25) is 5.78 Å². The number of hydrogen-bond donors (Lipinski definition) is 4. The van der Waals surface area contributed by atoms with E-state index in [0.717, 1.165) is 0 Å². The van der Waals surface area contributed by atoms with E-state index in [1.807, 2.05) is 19.0 Å². The number of aromatic hydroxyl groups is 2. The molecule has 4 N–H and O–H groups in total. The lowest BCUT2D eigenvalue weighted by Gasteiger charge is -2.47. The summed E-state index contributed by atoms with van der Waals surface area (Å²) in [6, 6.07) is 3.94. The van der Waals surface area contributed by atoms with Crippen molar-refractivity contribution in [2.75, 3.05) is 27.8 Å². The Kier molecular flexibility index (Phi) is 12.8. The Morgan fingerprint density at radius 2 is 1.52 bits per heavy atom. The number of carbonyl (C=O) groups excluding carboxylic acids is 5. The summed E-state index contributed by atoms with van der Waals surface area (Å²) < 4.78 is 48.8. The third-order valence-corrected chi connectivity index (χ3v) is 12.4. The van der Waals surface area contributed by atoms with Gasteiger partial charge in [-0.1, -0.05) is 12.1 Å². The first kappa shape index (κ1) is 44.7. The number of esters is 1. The van der Waals surface area contributed by atoms with E-state index in [2.05, 4.69) is 0 Å². The maximum Gasteiger partial charge on any atom is 0.302 e. The van der Waals surface area contributed by atoms with E-state index in [1.54, 1.807) is 20.8 Å². The zero-order valence-corrected chi connectivity index (χ0v) is 35.1. The number of hydrogen-bond acceptors (Lipinski definition) is 18. The van der Waals surface area contributed by atoms with Crippen molar-refractivity contribution < 1.29 is 82.3 Å². The molecule has 0 aromatic heterocycles. The Balaban J connectivity index is 1.14. The molecule has 18 nitrogen and oxygen atoms in total. The van der Waals surface area contributed by atoms with Gasteiger partial charge in [-0.3, -0.25) is 24.0 Å². The average molecular weight is 856 g/mol. The number of likely N-dealkylation sites (N-methyl/N-ethyl adjacent to an activating group) is 1. The van der Waals surface area contributed by atoms with Crippen molar-refractivity contribution in [2.24, 2.45) is 0 Å². The van der Waals surface area contributed by atoms with Crippen LogP contribution >= 0.6 is 0 Å². The Morgan fingerprint density at radius 3 is 2.16 bits per heavy atom. The van der Waals surface area contributed by atoms with Gasteiger partial charge in [-0.15, -0.1) is 0 Å². The number of fused-ring (bicyclic) bond motifs is 3. The quantitative estimate of drug-likeness (QED) is 0.160. The first-order valence-electron chi connectivity index (χ1n) is 20.4. The number of rotatable bonds is 11. The number of phenols is 2. The van der Waals surface area contributed by atoms with Crippen molar-refractivity contribution in [3.05, 3.63) is 51.6 Å². The van der Waals surface area contributed by atoms with E-state index in [9.17, 15) is 44.4 Å². The van der Waals surface area contributed by atoms with Crippen molar-refractivity contribution in [2.45, 2.75) is 139 Å². The van der Waals surface area contributed by atoms with Gasteiger partial charge >= 0.3 is 5.97 Å². The number of nitrogens with zero attached hydrogens (tertiary/aromatic N) is 1. The minimum absolute atomic E-state index is 0.0235. The fourth-order valence-corrected chi connectivity index (χ4v) is 9.29. The molecule has 2 aromatic carbocycles. The van der Waals surface area contributed by atoms with Crippen molar-refractivity contribution in [1.29, 1.82) is 0 Å². The van der Waals surface area contributed by atoms with E-state index < -0.39 is 139 Å². The summed E-state index contributed by atoms with van der Waals surface area (Å²) in [5, 5.41) is 45.2. The van der Waals surface area contributed by atoms with E-state index in [-0.39, 0.29) is 46.6 Å². The van der Waals surface area contributed by atoms with Crippen LogP contribution in [-0.2, 0) is 54.0 Å². The molecule has 3 saturated heterocycles. The Hall–Kier alpha value is -4.37. The average Bonchev–Trinajstić information content (AvgIpc) is 3.20. The number of ether oxygens (including phenoxy) is 8. The van der Waals surface area contributed by atoms with Crippen LogP contribution < -0.4 is 4.74 Å². The molecule has 2 aromatic rings. The second-order valence-corrected chi connectivity index (χ2v) is 16.6. The summed E-state index contributed by atoms with van der Waals surface area (Å²) in [6.07, 6.45) is -8.49. The van der Waals surface area contributed by atoms with Crippen molar-refractivity contribution >= 4 is 29.1 Å². The molecule has 0 amide bonds. The molecule has 0 radical (unpaired) electrons. The summed E-state index contributed by atoms with van der Waals surface area (Å²) >= 11 is 0. The van der Waals surface area contributed by atoms with Crippen molar-refractivity contribution in [3.63, 3.8) is 0 Å². The second-order valence-electron chi connectivity index (χ2n) is 16.6. The van der Waals surface area contributed by atoms with Crippen LogP contribution in [0.5, 0.6) is 17.2 Å². The number of aliphatic hydroxyl groups is 2. The largest absolute Gasteiger partial charge is 0.507 e. The van der Waals surface area contributed by atoms with Gasteiger partial charge in [-0.2, -0.15) is 0 Å². The Morgan fingerprint density at radius 1 is 0.869 bits per heavy atom. The zero-order chi connectivity index (χ0) is 44.2. The first-order chi connectivity index (χ1) is 28.9. The maximum atomic E-state index is 14.1. The SMILES string of the molecule is COc1cccc2c1C(=O)c1c(O)c3c(c(O)c1C2=O)CC(O)(C(=O)CO)CC3OC1CC(N(C)C)C(OC2CC(OC(C)=O)C(OC3CCC(=O)C(C)O3)C(C)O2)C(C)O1. The van der Waals surface area contributed by atoms with Crippen LogP contribution in [0.25, 0.3) is 0 Å². The lowest BCUT2D eigenvalue weighted by atomic mass is 9.72. The number of Topliss-reactive ketones (excluding diaryl/α,β-unsaturated/α-hetero) is 2. The van der Waals surface area contributed by atoms with Gasteiger partial charge in [0.25, 0.3) is 0 Å². The van der Waals surface area contributed by atoms with Gasteiger partial charge in [-0.05, 0) is 40.9 Å². The highest BCUT2D eigenvalue weighted by molar-refractivity contribution is 6.31. The van der Waals surface area contributed by atoms with Crippen LogP contribution in [0.15, 0.2) is 18.2 Å². The van der Waals surface area contributed by atoms with Crippen molar-refractivity contribution in [1.82, 2.24) is 4.90 Å². The Bertz CT molecular complexity index is 2090. The molecule has 3 fully saturated rings. The fraction of sp³-hybridized carbons (Fsp3) is 0.605. The molecule has 3 aliphatic heterocycles. The number of phenolic OH excluding ortho intramolecular Hbond substituents is 2. The van der Waals surface area contributed by atoms with Crippen LogP contribution in [0.3, 0.4) is 0 Å². The minimum atomic E-state index is -2.31. The zero-order valence-electron chi connectivity index (χ0n) is 35.1. The van der Waals surface area contributed by atoms with E-state index >= 15 is 0 Å². The number of methoxy groups -OCH3 is 1. The molecule has 2 aliphatic carbocycles. The van der Waals surface area contributed by atoms with Gasteiger partial charge in [-0.25, -0.2) is 0 Å². The van der Waals surface area contributed by atoms with Crippen LogP contribution in [0.2, 0.25) is 0 Å². The number of carbonyl (C=O) groups is 5. The van der Waals surface area contributed by atoms with Gasteiger partial charge < -0.3 is 63.2 Å². The second kappa shape index (κ2) is 17.4. The van der Waals surface area contributed by atoms with E-state index in [0.29, 0.717) is 12.8 Å². The molecule has 12 atom stereocenters. The van der Waals surface area contributed by atoms with Gasteiger partial charge in [0, 0.05) is 68.2 Å². The highest BCUT2D eigenvalue weighted by Crippen LogP contribution is 2.53. The molecule has 3 heterocycles. The topological polar surface area (TPSA) is 243 Å². The Labute approximate surface area is 351 Å². The number of benzene rings is 2. The minimum Gasteiger partial charge on any atom is -0.507 e. The molecular formula is C43H53NO17. The first-order valence-corrected chi connectivity index (χ1v) is 20.4. The molecular weight excluding hydrogens is 802 g/mol. The van der Waals surface area contributed by atoms with Crippen LogP contribution in [0, 0.1) is 0 Å². The van der Waals surface area contributed by atoms with Crippen LogP contribution in [-0.4, -0.2) is 149 Å². The number of ketones is 4. The third kappa shape index (κ3) is 8.33. The molecule has 0 saturated carbocycles. The third-order valence-electron chi connectivity index (χ3n) is 12.4. The molecule has 7 rings (SSSR count). The molecule has 5 aliphatic rings. The summed E-state index contributed by atoms with van der Waals surface area (Å²) in [7, 11) is 4.97. The molecule has 0 bridgehead atoms. The lowest BCUT2D eigenvalue weighted by molar-refractivity contribution is -0.325. The molecule has 18 heteroatoms.